The minimum Gasteiger partial charge on any atom is -0.444 e. The number of likely N-dealkylation sites (N-methyl/N-ethyl adjacent to an activating group) is 1. The van der Waals surface area contributed by atoms with Crippen LogP contribution in [-0.2, 0) is 14.8 Å². The Morgan fingerprint density at radius 1 is 1.30 bits per heavy atom. The summed E-state index contributed by atoms with van der Waals surface area (Å²) >= 11 is 0. The predicted molar refractivity (Wildman–Crippen MR) is 80.1 cm³/mol. The molecule has 0 aliphatic rings. The summed E-state index contributed by atoms with van der Waals surface area (Å²) < 4.78 is 30.0. The van der Waals surface area contributed by atoms with E-state index in [0.717, 1.165) is 0 Å². The van der Waals surface area contributed by atoms with E-state index in [-0.39, 0.29) is 24.3 Å². The van der Waals surface area contributed by atoms with E-state index in [0.29, 0.717) is 0 Å². The molecule has 0 saturated carbocycles. The number of rotatable bonds is 6. The molecule has 120 valence electrons. The first-order valence-electron chi connectivity index (χ1n) is 6.82. The van der Waals surface area contributed by atoms with E-state index in [1.807, 2.05) is 13.8 Å². The predicted octanol–water partition coefficient (Wildman–Crippen LogP) is 1.82. The summed E-state index contributed by atoms with van der Waals surface area (Å²) in [5.74, 6) is 0.137. The smallest absolute Gasteiger partial charge is 0.407 e. The molecule has 0 aliphatic heterocycles. The topological polar surface area (TPSA) is 75.7 Å². The number of hydrogen-bond donors (Lipinski definition) is 1. The number of sulfonamides is 1. The van der Waals surface area contributed by atoms with Gasteiger partial charge in [0.25, 0.3) is 0 Å². The highest BCUT2D eigenvalue weighted by atomic mass is 32.2. The van der Waals surface area contributed by atoms with Gasteiger partial charge in [0.05, 0.1) is 5.75 Å². The van der Waals surface area contributed by atoms with Gasteiger partial charge in [-0.3, -0.25) is 0 Å². The lowest BCUT2D eigenvalue weighted by atomic mass is 10.1. The Labute approximate surface area is 122 Å². The van der Waals surface area contributed by atoms with Crippen LogP contribution in [0.3, 0.4) is 0 Å². The highest BCUT2D eigenvalue weighted by molar-refractivity contribution is 7.89. The van der Waals surface area contributed by atoms with Crippen molar-refractivity contribution in [3.05, 3.63) is 0 Å². The minimum absolute atomic E-state index is 0.0424. The van der Waals surface area contributed by atoms with Crippen LogP contribution < -0.4 is 5.32 Å². The Hall–Kier alpha value is -0.820. The molecule has 0 aliphatic carbocycles. The molecule has 0 bridgehead atoms. The Balaban J connectivity index is 4.72. The summed E-state index contributed by atoms with van der Waals surface area (Å²) in [6.45, 7) is 11.0. The lowest BCUT2D eigenvalue weighted by molar-refractivity contribution is 0.0485. The summed E-state index contributed by atoms with van der Waals surface area (Å²) in [5.41, 5.74) is -0.576. The number of alkyl carbamates (subject to hydrolysis) is 1. The van der Waals surface area contributed by atoms with E-state index in [9.17, 15) is 13.2 Å². The van der Waals surface area contributed by atoms with Gasteiger partial charge >= 0.3 is 6.09 Å². The molecule has 7 heteroatoms. The Bertz CT molecular complexity index is 413. The van der Waals surface area contributed by atoms with Gasteiger partial charge < -0.3 is 10.1 Å². The number of carbonyl (C=O) groups excluding carboxylic acids is 1. The van der Waals surface area contributed by atoms with Crippen molar-refractivity contribution >= 4 is 16.1 Å². The third kappa shape index (κ3) is 7.09. The molecule has 0 fully saturated rings. The van der Waals surface area contributed by atoms with Gasteiger partial charge in [-0.25, -0.2) is 17.5 Å². The zero-order valence-electron chi connectivity index (χ0n) is 13.6. The van der Waals surface area contributed by atoms with Gasteiger partial charge in [-0.15, -0.1) is 0 Å². The third-order valence-electron chi connectivity index (χ3n) is 2.80. The molecule has 0 aromatic heterocycles. The van der Waals surface area contributed by atoms with E-state index >= 15 is 0 Å². The van der Waals surface area contributed by atoms with Crippen LogP contribution in [0.15, 0.2) is 0 Å². The number of ether oxygens (including phenoxy) is 1. The second kappa shape index (κ2) is 7.26. The number of nitrogens with zero attached hydrogens (tertiary/aromatic N) is 1. The van der Waals surface area contributed by atoms with Gasteiger partial charge in [0.1, 0.15) is 5.60 Å². The van der Waals surface area contributed by atoms with Gasteiger partial charge in [-0.1, -0.05) is 13.8 Å². The molecule has 0 heterocycles. The first-order valence-corrected chi connectivity index (χ1v) is 8.43. The van der Waals surface area contributed by atoms with Crippen LogP contribution in [0, 0.1) is 5.92 Å². The van der Waals surface area contributed by atoms with E-state index in [2.05, 4.69) is 5.32 Å². The molecule has 20 heavy (non-hydrogen) atoms. The van der Waals surface area contributed by atoms with Crippen molar-refractivity contribution < 1.29 is 17.9 Å². The van der Waals surface area contributed by atoms with Crippen LogP contribution in [-0.4, -0.2) is 49.8 Å². The molecular weight excluding hydrogens is 280 g/mol. The number of nitrogens with one attached hydrogen (secondary N) is 1. The maximum atomic E-state index is 11.8. The Kier molecular flexibility index (Phi) is 6.97. The van der Waals surface area contributed by atoms with E-state index < -0.39 is 21.7 Å². The van der Waals surface area contributed by atoms with Gasteiger partial charge in [0.15, 0.2) is 0 Å². The average Bonchev–Trinajstić information content (AvgIpc) is 2.25. The lowest BCUT2D eigenvalue weighted by Gasteiger charge is -2.28. The van der Waals surface area contributed by atoms with Crippen molar-refractivity contribution in [2.24, 2.45) is 5.92 Å². The monoisotopic (exact) mass is 308 g/mol. The molecule has 0 saturated heterocycles. The van der Waals surface area contributed by atoms with Gasteiger partial charge in [-0.05, 0) is 33.6 Å². The van der Waals surface area contributed by atoms with Crippen LogP contribution in [0.2, 0.25) is 0 Å². The van der Waals surface area contributed by atoms with Crippen molar-refractivity contribution in [3.63, 3.8) is 0 Å². The maximum absolute atomic E-state index is 11.8. The summed E-state index contributed by atoms with van der Waals surface area (Å²) in [6.07, 6.45) is -0.529. The first-order chi connectivity index (χ1) is 8.89. The van der Waals surface area contributed by atoms with Crippen LogP contribution in [0.1, 0.15) is 41.5 Å². The average molecular weight is 308 g/mol. The molecule has 1 atom stereocenters. The van der Waals surface area contributed by atoms with Gasteiger partial charge in [0, 0.05) is 19.6 Å². The second-order valence-electron chi connectivity index (χ2n) is 6.18. The molecule has 0 radical (unpaired) electrons. The standard InChI is InChI=1S/C13H28N2O4S/c1-8-20(17,18)15(7)9-11(10(2)3)14-12(16)19-13(4,5)6/h10-11H,8-9H2,1-7H3,(H,14,16)/t11-/m1/s1. The molecule has 6 nitrogen and oxygen atoms in total. The zero-order valence-corrected chi connectivity index (χ0v) is 14.4. The normalized spacial score (nSPS) is 14.4. The molecule has 0 rings (SSSR count). The van der Waals surface area contributed by atoms with Crippen LogP contribution in [0.5, 0.6) is 0 Å². The van der Waals surface area contributed by atoms with E-state index in [1.54, 1.807) is 27.7 Å². The van der Waals surface area contributed by atoms with Crippen molar-refractivity contribution in [2.75, 3.05) is 19.3 Å². The van der Waals surface area contributed by atoms with E-state index in [1.165, 1.54) is 11.4 Å². The fraction of sp³-hybridized carbons (Fsp3) is 0.923. The van der Waals surface area contributed by atoms with Gasteiger partial charge in [-0.2, -0.15) is 0 Å². The molecular formula is C13H28N2O4S. The first kappa shape index (κ1) is 19.2. The molecule has 0 aromatic carbocycles. The Morgan fingerprint density at radius 2 is 1.80 bits per heavy atom. The largest absolute Gasteiger partial charge is 0.444 e. The fourth-order valence-corrected chi connectivity index (χ4v) is 2.32. The molecule has 1 amide bonds. The lowest BCUT2D eigenvalue weighted by Crippen LogP contribution is -2.48. The third-order valence-corrected chi connectivity index (χ3v) is 4.63. The molecule has 0 unspecified atom stereocenters. The van der Waals surface area contributed by atoms with Crippen molar-refractivity contribution in [1.82, 2.24) is 9.62 Å². The second-order valence-corrected chi connectivity index (χ2v) is 8.54. The molecule has 0 spiro atoms. The molecule has 0 aromatic rings. The quantitative estimate of drug-likeness (QED) is 0.812. The Morgan fingerprint density at radius 3 is 2.15 bits per heavy atom. The summed E-state index contributed by atoms with van der Waals surface area (Å²) in [5, 5.41) is 2.73. The summed E-state index contributed by atoms with van der Waals surface area (Å²) in [7, 11) is -1.74. The zero-order chi connectivity index (χ0) is 16.1. The minimum atomic E-state index is -3.26. The highest BCUT2D eigenvalue weighted by Crippen LogP contribution is 2.10. The van der Waals surface area contributed by atoms with Crippen molar-refractivity contribution in [1.29, 1.82) is 0 Å². The van der Waals surface area contributed by atoms with Crippen LogP contribution in [0.4, 0.5) is 4.79 Å². The van der Waals surface area contributed by atoms with Crippen LogP contribution >= 0.6 is 0 Å². The summed E-state index contributed by atoms with van der Waals surface area (Å²) in [4.78, 5) is 11.8. The highest BCUT2D eigenvalue weighted by Gasteiger charge is 2.25. The number of hydrogen-bond acceptors (Lipinski definition) is 4. The fourth-order valence-electron chi connectivity index (χ4n) is 1.49. The SMILES string of the molecule is CCS(=O)(=O)N(C)C[C@@H](NC(=O)OC(C)(C)C)C(C)C. The molecule has 1 N–H and O–H groups in total. The van der Waals surface area contributed by atoms with E-state index in [4.69, 9.17) is 4.74 Å². The number of amides is 1. The summed E-state index contributed by atoms with van der Waals surface area (Å²) in [6, 6.07) is -0.295. The van der Waals surface area contributed by atoms with Gasteiger partial charge in [0.2, 0.25) is 10.0 Å². The van der Waals surface area contributed by atoms with Crippen LogP contribution in [0.25, 0.3) is 0 Å². The van der Waals surface area contributed by atoms with Crippen molar-refractivity contribution in [2.45, 2.75) is 53.2 Å². The van der Waals surface area contributed by atoms with Crippen molar-refractivity contribution in [3.8, 4) is 0 Å². The number of carbonyl (C=O) groups is 1. The maximum Gasteiger partial charge on any atom is 0.407 e.